The van der Waals surface area contributed by atoms with E-state index in [1.54, 1.807) is 10.9 Å². The van der Waals surface area contributed by atoms with Crippen molar-refractivity contribution < 1.29 is 17.1 Å². The van der Waals surface area contributed by atoms with Gasteiger partial charge in [0, 0.05) is 6.20 Å². The van der Waals surface area contributed by atoms with Crippen LogP contribution in [0.25, 0.3) is 5.69 Å². The maximum atomic E-state index is 3.83. The van der Waals surface area contributed by atoms with Crippen molar-refractivity contribution in [1.29, 1.82) is 0 Å². The second-order valence-electron chi connectivity index (χ2n) is 2.95. The summed E-state index contributed by atoms with van der Waals surface area (Å²) in [5.74, 6) is 0. The Bertz CT molecular complexity index is 391. The summed E-state index contributed by atoms with van der Waals surface area (Å²) in [5.41, 5.74) is 1.05. The van der Waals surface area contributed by atoms with Gasteiger partial charge in [-0.05, 0) is 11.9 Å². The number of hydrogen-bond donors (Lipinski definition) is 0. The fourth-order valence-electron chi connectivity index (χ4n) is 1.18. The van der Waals surface area contributed by atoms with Crippen molar-refractivity contribution in [3.05, 3.63) is 67.0 Å². The standard InChI is InChI=1S/C7H6N3.C5H5.Fe/c1-2-4-7(3-1)10-6-5-8-9-10;1-2-4-5-3-1;/h1-6H;1-5H;/q2*-1;+2. The molecule has 0 radical (unpaired) electrons. The zero-order valence-corrected chi connectivity index (χ0v) is 9.65. The minimum Gasteiger partial charge on any atom is -0.300 e. The molecular formula is C12H11FeN3. The van der Waals surface area contributed by atoms with Crippen LogP contribution in [0.4, 0.5) is 0 Å². The molecule has 3 rings (SSSR count). The largest absolute Gasteiger partial charge is 2.00 e. The van der Waals surface area contributed by atoms with Crippen molar-refractivity contribution in [2.45, 2.75) is 0 Å². The molecule has 0 saturated heterocycles. The summed E-state index contributed by atoms with van der Waals surface area (Å²) < 4.78 is 1.72. The molecule has 0 saturated carbocycles. The summed E-state index contributed by atoms with van der Waals surface area (Å²) in [6, 6.07) is 17.9. The third-order valence-corrected chi connectivity index (χ3v) is 1.89. The van der Waals surface area contributed by atoms with Crippen LogP contribution >= 0.6 is 0 Å². The van der Waals surface area contributed by atoms with Gasteiger partial charge in [0.15, 0.2) is 0 Å². The van der Waals surface area contributed by atoms with E-state index in [1.165, 1.54) is 0 Å². The SMILES string of the molecule is [Fe+2].c1cc[c-](-n2ccnn2)c1.c1cc[cH-]c1. The van der Waals surface area contributed by atoms with Crippen LogP contribution in [0.5, 0.6) is 0 Å². The molecule has 1 heterocycles. The Kier molecular flexibility index (Phi) is 5.26. The summed E-state index contributed by atoms with van der Waals surface area (Å²) in [6.07, 6.45) is 3.47. The molecule has 3 nitrogen and oxygen atoms in total. The van der Waals surface area contributed by atoms with Crippen molar-refractivity contribution in [3.8, 4) is 5.69 Å². The second kappa shape index (κ2) is 6.77. The molecule has 0 unspecified atom stereocenters. The molecule has 0 fully saturated rings. The van der Waals surface area contributed by atoms with Crippen LogP contribution in [0.3, 0.4) is 0 Å². The van der Waals surface area contributed by atoms with E-state index in [4.69, 9.17) is 0 Å². The molecule has 1 aromatic heterocycles. The van der Waals surface area contributed by atoms with Crippen LogP contribution in [0.15, 0.2) is 67.0 Å². The van der Waals surface area contributed by atoms with Crippen LogP contribution < -0.4 is 0 Å². The molecule has 82 valence electrons. The fourth-order valence-corrected chi connectivity index (χ4v) is 1.18. The van der Waals surface area contributed by atoms with Crippen molar-refractivity contribution in [2.24, 2.45) is 0 Å². The van der Waals surface area contributed by atoms with Gasteiger partial charge in [-0.2, -0.15) is 35.4 Å². The zero-order chi connectivity index (χ0) is 10.3. The predicted octanol–water partition coefficient (Wildman–Crippen LogP) is 2.39. The second-order valence-corrected chi connectivity index (χ2v) is 2.95. The van der Waals surface area contributed by atoms with Crippen LogP contribution in [0, 0.1) is 0 Å². The average Bonchev–Trinajstić information content (AvgIpc) is 3.06. The molecule has 0 atom stereocenters. The molecule has 0 spiro atoms. The van der Waals surface area contributed by atoms with E-state index in [1.807, 2.05) is 60.8 Å². The summed E-state index contributed by atoms with van der Waals surface area (Å²) in [5, 5.41) is 7.52. The van der Waals surface area contributed by atoms with Crippen LogP contribution in [0.2, 0.25) is 0 Å². The Labute approximate surface area is 105 Å². The molecule has 0 amide bonds. The van der Waals surface area contributed by atoms with E-state index in [2.05, 4.69) is 10.3 Å². The Hall–Kier alpha value is -1.64. The Balaban J connectivity index is 0.000000183. The van der Waals surface area contributed by atoms with E-state index in [0.717, 1.165) is 5.69 Å². The molecule has 3 aromatic rings. The monoisotopic (exact) mass is 253 g/mol. The van der Waals surface area contributed by atoms with E-state index >= 15 is 0 Å². The smallest absolute Gasteiger partial charge is 0.300 e. The molecule has 2 aromatic carbocycles. The maximum Gasteiger partial charge on any atom is 2.00 e. The summed E-state index contributed by atoms with van der Waals surface area (Å²) >= 11 is 0. The van der Waals surface area contributed by atoms with Gasteiger partial charge in [-0.25, -0.2) is 12.1 Å². The van der Waals surface area contributed by atoms with Gasteiger partial charge in [-0.1, -0.05) is 5.21 Å². The summed E-state index contributed by atoms with van der Waals surface area (Å²) in [6.45, 7) is 0. The van der Waals surface area contributed by atoms with Crippen molar-refractivity contribution in [2.75, 3.05) is 0 Å². The third-order valence-electron chi connectivity index (χ3n) is 1.89. The molecule has 0 aliphatic heterocycles. The van der Waals surface area contributed by atoms with Gasteiger partial charge in [-0.3, -0.25) is 4.68 Å². The maximum absolute atomic E-state index is 3.83. The van der Waals surface area contributed by atoms with Gasteiger partial charge < -0.3 is 0 Å². The first-order valence-corrected chi connectivity index (χ1v) is 4.72. The first-order chi connectivity index (χ1) is 7.47. The van der Waals surface area contributed by atoms with E-state index < -0.39 is 0 Å². The predicted molar refractivity (Wildman–Crippen MR) is 59.0 cm³/mol. The van der Waals surface area contributed by atoms with E-state index in [-0.39, 0.29) is 17.1 Å². The first-order valence-electron chi connectivity index (χ1n) is 4.72. The Morgan fingerprint density at radius 3 is 2.12 bits per heavy atom. The third kappa shape index (κ3) is 3.50. The Morgan fingerprint density at radius 2 is 1.69 bits per heavy atom. The number of nitrogens with zero attached hydrogens (tertiary/aromatic N) is 3. The van der Waals surface area contributed by atoms with Crippen LogP contribution in [-0.2, 0) is 17.1 Å². The van der Waals surface area contributed by atoms with Gasteiger partial charge in [0.05, 0.1) is 0 Å². The van der Waals surface area contributed by atoms with Gasteiger partial charge >= 0.3 is 17.1 Å². The first kappa shape index (κ1) is 12.4. The topological polar surface area (TPSA) is 30.7 Å². The Morgan fingerprint density at radius 1 is 1.00 bits per heavy atom. The average molecular weight is 253 g/mol. The van der Waals surface area contributed by atoms with E-state index in [0.29, 0.717) is 0 Å². The molecule has 0 aliphatic rings. The molecule has 0 bridgehead atoms. The van der Waals surface area contributed by atoms with E-state index in [9.17, 15) is 0 Å². The molecule has 4 heteroatoms. The van der Waals surface area contributed by atoms with Gasteiger partial charge in [0.1, 0.15) is 0 Å². The molecule has 16 heavy (non-hydrogen) atoms. The number of rotatable bonds is 1. The minimum atomic E-state index is 0. The van der Waals surface area contributed by atoms with Gasteiger partial charge in [0.2, 0.25) is 0 Å². The summed E-state index contributed by atoms with van der Waals surface area (Å²) in [7, 11) is 0. The zero-order valence-electron chi connectivity index (χ0n) is 8.55. The molecule has 0 N–H and O–H groups in total. The fraction of sp³-hybridized carbons (Fsp3) is 0. The van der Waals surface area contributed by atoms with Crippen LogP contribution in [-0.4, -0.2) is 15.0 Å². The quantitative estimate of drug-likeness (QED) is 0.492. The van der Waals surface area contributed by atoms with Crippen LogP contribution in [0.1, 0.15) is 0 Å². The van der Waals surface area contributed by atoms with Gasteiger partial charge in [0.25, 0.3) is 0 Å². The van der Waals surface area contributed by atoms with Crippen molar-refractivity contribution in [1.82, 2.24) is 15.0 Å². The minimum absolute atomic E-state index is 0. The number of aromatic nitrogens is 3. The van der Waals surface area contributed by atoms with Crippen molar-refractivity contribution in [3.63, 3.8) is 0 Å². The summed E-state index contributed by atoms with van der Waals surface area (Å²) in [4.78, 5) is 0. The molecule has 0 aliphatic carbocycles. The normalized spacial score (nSPS) is 8.75. The molecular weight excluding hydrogens is 242 g/mol. The van der Waals surface area contributed by atoms with Gasteiger partial charge in [-0.15, -0.1) is 12.1 Å². The number of hydrogen-bond acceptors (Lipinski definition) is 2. The van der Waals surface area contributed by atoms with Crippen molar-refractivity contribution >= 4 is 0 Å².